The molecule has 0 atom stereocenters. The van der Waals surface area contributed by atoms with E-state index in [1.807, 2.05) is 0 Å². The minimum atomic E-state index is -1.28. The van der Waals surface area contributed by atoms with Crippen LogP contribution in [0.25, 0.3) is 0 Å². The third-order valence-electron chi connectivity index (χ3n) is 1.81. The average Bonchev–Trinajstić information content (AvgIpc) is 2.11. The third-order valence-corrected chi connectivity index (χ3v) is 3.38. The molecule has 14 heavy (non-hydrogen) atoms. The zero-order valence-electron chi connectivity index (χ0n) is 7.07. The maximum atomic E-state index is 13.2. The lowest BCUT2D eigenvalue weighted by molar-refractivity contribution is 0.0697. The topological polar surface area (TPSA) is 63.3 Å². The summed E-state index contributed by atoms with van der Waals surface area (Å²) in [5, 5.41) is 8.57. The Bertz CT molecular complexity index is 393. The predicted octanol–water partition coefficient (Wildman–Crippen LogP) is 2.83. The van der Waals surface area contributed by atoms with Crippen LogP contribution >= 0.6 is 27.5 Å². The van der Waals surface area contributed by atoms with E-state index in [-0.39, 0.29) is 15.1 Å². The van der Waals surface area contributed by atoms with Gasteiger partial charge in [0.1, 0.15) is 0 Å². The molecule has 3 N–H and O–H groups in total. The number of anilines is 1. The van der Waals surface area contributed by atoms with E-state index in [0.717, 1.165) is 0 Å². The van der Waals surface area contributed by atoms with Crippen LogP contribution in [0.3, 0.4) is 0 Å². The molecule has 0 radical (unpaired) electrons. The molecule has 0 amide bonds. The summed E-state index contributed by atoms with van der Waals surface area (Å²) in [4.78, 5) is 10.7. The molecule has 0 saturated carbocycles. The lowest BCUT2D eigenvalue weighted by Crippen LogP contribution is -2.08. The standard InChI is InChI=1S/C8H6BrClFNO2/c1-2-3(8(13)14)7(12)6(11)5(10)4(2)9/h12H2,1H3,(H,13,14). The normalized spacial score (nSPS) is 10.3. The fraction of sp³-hybridized carbons (Fsp3) is 0.125. The summed E-state index contributed by atoms with van der Waals surface area (Å²) in [5.74, 6) is -2.20. The van der Waals surface area contributed by atoms with Gasteiger partial charge in [0.25, 0.3) is 0 Å². The number of benzene rings is 1. The molecule has 1 rings (SSSR count). The molecule has 0 fully saturated rings. The van der Waals surface area contributed by atoms with Crippen molar-refractivity contribution in [2.45, 2.75) is 6.92 Å². The number of nitrogens with two attached hydrogens (primary N) is 1. The third kappa shape index (κ3) is 1.57. The van der Waals surface area contributed by atoms with Crippen molar-refractivity contribution in [2.24, 2.45) is 0 Å². The van der Waals surface area contributed by atoms with Gasteiger partial charge in [0.05, 0.1) is 16.3 Å². The van der Waals surface area contributed by atoms with Crippen LogP contribution in [-0.4, -0.2) is 11.1 Å². The molecule has 0 spiro atoms. The first kappa shape index (κ1) is 11.3. The first-order valence-electron chi connectivity index (χ1n) is 3.53. The van der Waals surface area contributed by atoms with Crippen molar-refractivity contribution in [1.29, 1.82) is 0 Å². The molecule has 1 aromatic rings. The van der Waals surface area contributed by atoms with Crippen molar-refractivity contribution >= 4 is 39.2 Å². The van der Waals surface area contributed by atoms with Crippen molar-refractivity contribution in [3.05, 3.63) is 26.4 Å². The minimum Gasteiger partial charge on any atom is -0.478 e. The van der Waals surface area contributed by atoms with E-state index in [1.54, 1.807) is 0 Å². The van der Waals surface area contributed by atoms with E-state index in [4.69, 9.17) is 22.4 Å². The maximum absolute atomic E-state index is 13.2. The van der Waals surface area contributed by atoms with E-state index in [2.05, 4.69) is 15.9 Å². The number of carboxylic acids is 1. The van der Waals surface area contributed by atoms with Gasteiger partial charge < -0.3 is 10.8 Å². The number of hydrogen-bond donors (Lipinski definition) is 2. The number of rotatable bonds is 1. The largest absolute Gasteiger partial charge is 0.478 e. The van der Waals surface area contributed by atoms with Gasteiger partial charge in [0, 0.05) is 4.47 Å². The molecule has 0 bridgehead atoms. The molecular formula is C8H6BrClFNO2. The minimum absolute atomic E-state index is 0.204. The molecule has 1 aromatic carbocycles. The second kappa shape index (κ2) is 3.74. The summed E-state index contributed by atoms with van der Waals surface area (Å²) in [6.45, 7) is 1.50. The van der Waals surface area contributed by atoms with Gasteiger partial charge in [-0.05, 0) is 28.4 Å². The molecule has 0 aliphatic heterocycles. The molecule has 0 saturated heterocycles. The van der Waals surface area contributed by atoms with Crippen LogP contribution in [0.1, 0.15) is 15.9 Å². The van der Waals surface area contributed by atoms with Crippen molar-refractivity contribution in [2.75, 3.05) is 5.73 Å². The van der Waals surface area contributed by atoms with E-state index in [9.17, 15) is 9.18 Å². The first-order valence-corrected chi connectivity index (χ1v) is 4.70. The molecule has 6 heteroatoms. The van der Waals surface area contributed by atoms with Crippen LogP contribution in [0.4, 0.5) is 10.1 Å². The number of nitrogen functional groups attached to an aromatic ring is 1. The number of hydrogen-bond acceptors (Lipinski definition) is 2. The Labute approximate surface area is 92.8 Å². The van der Waals surface area contributed by atoms with E-state index in [0.29, 0.717) is 5.56 Å². The lowest BCUT2D eigenvalue weighted by Gasteiger charge is -2.10. The number of halogens is 3. The van der Waals surface area contributed by atoms with Crippen molar-refractivity contribution < 1.29 is 14.3 Å². The highest BCUT2D eigenvalue weighted by Gasteiger charge is 2.21. The van der Waals surface area contributed by atoms with Gasteiger partial charge in [-0.15, -0.1) is 0 Å². The van der Waals surface area contributed by atoms with Gasteiger partial charge in [0.2, 0.25) is 0 Å². The molecule has 0 unspecified atom stereocenters. The maximum Gasteiger partial charge on any atom is 0.338 e. The Hall–Kier alpha value is -0.810. The molecular weight excluding hydrogens is 276 g/mol. The summed E-state index contributed by atoms with van der Waals surface area (Å²) in [6, 6.07) is 0. The molecule has 3 nitrogen and oxygen atoms in total. The van der Waals surface area contributed by atoms with Crippen LogP contribution in [0.15, 0.2) is 4.47 Å². The fourth-order valence-electron chi connectivity index (χ4n) is 1.08. The van der Waals surface area contributed by atoms with Gasteiger partial charge >= 0.3 is 5.97 Å². The van der Waals surface area contributed by atoms with Gasteiger partial charge in [-0.3, -0.25) is 0 Å². The Morgan fingerprint density at radius 2 is 2.14 bits per heavy atom. The van der Waals surface area contributed by atoms with Crippen LogP contribution in [0.5, 0.6) is 0 Å². The summed E-state index contributed by atoms with van der Waals surface area (Å²) in [7, 11) is 0. The summed E-state index contributed by atoms with van der Waals surface area (Å²) >= 11 is 8.56. The Kier molecular flexibility index (Phi) is 3.01. The smallest absolute Gasteiger partial charge is 0.338 e. The molecule has 76 valence electrons. The zero-order chi connectivity index (χ0) is 11.0. The van der Waals surface area contributed by atoms with Crippen LogP contribution < -0.4 is 5.73 Å². The second-order valence-corrected chi connectivity index (χ2v) is 3.83. The number of carboxylic acid groups (broad SMARTS) is 1. The zero-order valence-corrected chi connectivity index (χ0v) is 9.41. The second-order valence-electron chi connectivity index (χ2n) is 2.66. The monoisotopic (exact) mass is 281 g/mol. The molecule has 0 aromatic heterocycles. The first-order chi connectivity index (χ1) is 6.37. The van der Waals surface area contributed by atoms with E-state index >= 15 is 0 Å². The van der Waals surface area contributed by atoms with Gasteiger partial charge in [-0.25, -0.2) is 9.18 Å². The highest BCUT2D eigenvalue weighted by molar-refractivity contribution is 9.10. The lowest BCUT2D eigenvalue weighted by atomic mass is 10.1. The summed E-state index contributed by atoms with van der Waals surface area (Å²) in [6.07, 6.45) is 0. The van der Waals surface area contributed by atoms with Crippen LogP contribution in [-0.2, 0) is 0 Å². The predicted molar refractivity (Wildman–Crippen MR) is 55.2 cm³/mol. The highest BCUT2D eigenvalue weighted by Crippen LogP contribution is 2.35. The van der Waals surface area contributed by atoms with Crippen molar-refractivity contribution in [3.63, 3.8) is 0 Å². The van der Waals surface area contributed by atoms with E-state index in [1.165, 1.54) is 6.92 Å². The summed E-state index contributed by atoms with van der Waals surface area (Å²) in [5.41, 5.74) is 4.89. The number of carbonyl (C=O) groups is 1. The number of aromatic carboxylic acids is 1. The van der Waals surface area contributed by atoms with E-state index < -0.39 is 17.5 Å². The van der Waals surface area contributed by atoms with Crippen molar-refractivity contribution in [3.8, 4) is 0 Å². The Morgan fingerprint density at radius 1 is 1.64 bits per heavy atom. The van der Waals surface area contributed by atoms with Gasteiger partial charge in [-0.1, -0.05) is 11.6 Å². The Morgan fingerprint density at radius 3 is 2.57 bits per heavy atom. The SMILES string of the molecule is Cc1c(Br)c(Cl)c(F)c(N)c1C(=O)O. The quantitative estimate of drug-likeness (QED) is 0.615. The van der Waals surface area contributed by atoms with Gasteiger partial charge in [0.15, 0.2) is 5.82 Å². The highest BCUT2D eigenvalue weighted by atomic mass is 79.9. The van der Waals surface area contributed by atoms with Crippen LogP contribution in [0.2, 0.25) is 5.02 Å². The Balaban J connectivity index is 3.68. The molecule has 0 aliphatic carbocycles. The molecule has 0 aliphatic rings. The van der Waals surface area contributed by atoms with Crippen LogP contribution in [0, 0.1) is 12.7 Å². The summed E-state index contributed by atoms with van der Waals surface area (Å²) < 4.78 is 13.5. The fourth-order valence-corrected chi connectivity index (χ4v) is 1.69. The van der Waals surface area contributed by atoms with Crippen molar-refractivity contribution in [1.82, 2.24) is 0 Å². The average molecular weight is 282 g/mol. The van der Waals surface area contributed by atoms with Gasteiger partial charge in [-0.2, -0.15) is 0 Å². The molecule has 0 heterocycles.